The molecule has 1 fully saturated rings. The van der Waals surface area contributed by atoms with E-state index in [9.17, 15) is 13.6 Å². The molecule has 0 saturated heterocycles. The smallest absolute Gasteiger partial charge is 0.243 e. The molecule has 1 aliphatic heterocycles. The zero-order valence-corrected chi connectivity index (χ0v) is 15.7. The van der Waals surface area contributed by atoms with Gasteiger partial charge in [0.15, 0.2) is 5.17 Å². The van der Waals surface area contributed by atoms with Gasteiger partial charge >= 0.3 is 0 Å². The molecule has 1 unspecified atom stereocenters. The van der Waals surface area contributed by atoms with Gasteiger partial charge in [0, 0.05) is 41.6 Å². The molecule has 0 aromatic heterocycles. The number of nitrogens with two attached hydrogens (primary N) is 2. The van der Waals surface area contributed by atoms with Crippen LogP contribution in [0.2, 0.25) is 0 Å². The lowest BCUT2D eigenvalue weighted by Crippen LogP contribution is -2.39. The average molecular weight is 396 g/mol. The van der Waals surface area contributed by atoms with E-state index < -0.39 is 22.8 Å². The zero-order valence-electron chi connectivity index (χ0n) is 14.9. The van der Waals surface area contributed by atoms with E-state index in [0.29, 0.717) is 25.3 Å². The number of hydrogen-bond donors (Lipinski definition) is 3. The number of alkyl halides is 1. The van der Waals surface area contributed by atoms with Gasteiger partial charge in [-0.1, -0.05) is 17.8 Å². The molecule has 0 bridgehead atoms. The van der Waals surface area contributed by atoms with Crippen LogP contribution in [0.5, 0.6) is 0 Å². The van der Waals surface area contributed by atoms with Crippen molar-refractivity contribution in [2.45, 2.75) is 16.7 Å². The Kier molecular flexibility index (Phi) is 5.43. The number of fused-ring (bicyclic) bond motifs is 1. The molecule has 1 aromatic carbocycles. The van der Waals surface area contributed by atoms with E-state index in [1.54, 1.807) is 13.2 Å². The van der Waals surface area contributed by atoms with Crippen molar-refractivity contribution in [3.05, 3.63) is 41.7 Å². The molecule has 3 rings (SSSR count). The van der Waals surface area contributed by atoms with E-state index in [-0.39, 0.29) is 22.6 Å². The van der Waals surface area contributed by atoms with Gasteiger partial charge in [0.05, 0.1) is 6.61 Å². The minimum absolute atomic E-state index is 0.0954. The number of carbonyl (C=O) groups is 1. The van der Waals surface area contributed by atoms with Gasteiger partial charge in [0.25, 0.3) is 0 Å². The second kappa shape index (κ2) is 7.47. The van der Waals surface area contributed by atoms with E-state index in [1.165, 1.54) is 36.0 Å². The summed E-state index contributed by atoms with van der Waals surface area (Å²) in [5, 5.41) is 2.84. The summed E-state index contributed by atoms with van der Waals surface area (Å²) in [5.41, 5.74) is 10.7. The Morgan fingerprint density at radius 3 is 3.00 bits per heavy atom. The number of thioether (sulfide) groups is 1. The molecule has 3 atom stereocenters. The molecule has 27 heavy (non-hydrogen) atoms. The molecule has 1 amide bonds. The van der Waals surface area contributed by atoms with Crippen LogP contribution in [0.15, 0.2) is 35.3 Å². The van der Waals surface area contributed by atoms with Gasteiger partial charge in [0.2, 0.25) is 5.91 Å². The van der Waals surface area contributed by atoms with Gasteiger partial charge in [-0.2, -0.15) is 0 Å². The number of aliphatic imine (C=N–C) groups is 1. The van der Waals surface area contributed by atoms with Crippen LogP contribution >= 0.6 is 11.8 Å². The van der Waals surface area contributed by atoms with Gasteiger partial charge in [-0.25, -0.2) is 13.8 Å². The number of nitrogens with one attached hydrogen (secondary N) is 1. The lowest BCUT2D eigenvalue weighted by molar-refractivity contribution is -0.116. The first kappa shape index (κ1) is 19.6. The average Bonchev–Trinajstić information content (AvgIpc) is 3.36. The van der Waals surface area contributed by atoms with Crippen LogP contribution in [0.1, 0.15) is 12.0 Å². The standard InChI is InChI=1S/C18H22F2N4O2S/c1-26-7-6-23-15(25)4-5-17-9-14(17)18(10-19,24-16(22)27-17)12-8-11(21)2-3-13(12)20/h2-5,8,14H,6-7,9-10,21H2,1H3,(H2,22,24)(H,23,25)/b5-4+/t14?,17-,18+/m0/s1. The maximum Gasteiger partial charge on any atom is 0.243 e. The summed E-state index contributed by atoms with van der Waals surface area (Å²) in [6.07, 6.45) is 3.64. The Morgan fingerprint density at radius 2 is 2.30 bits per heavy atom. The summed E-state index contributed by atoms with van der Waals surface area (Å²) < 4.78 is 33.0. The Bertz CT molecular complexity index is 804. The quantitative estimate of drug-likeness (QED) is 0.370. The highest BCUT2D eigenvalue weighted by Gasteiger charge is 2.67. The molecule has 1 heterocycles. The van der Waals surface area contributed by atoms with E-state index in [2.05, 4.69) is 10.3 Å². The number of halogens is 2. The predicted octanol–water partition coefficient (Wildman–Crippen LogP) is 1.71. The Labute approximate surface area is 160 Å². The Balaban J connectivity index is 1.88. The fourth-order valence-corrected chi connectivity index (χ4v) is 4.85. The highest BCUT2D eigenvalue weighted by molar-refractivity contribution is 8.15. The number of amidine groups is 1. The number of ether oxygens (including phenoxy) is 1. The molecule has 1 aliphatic carbocycles. The minimum Gasteiger partial charge on any atom is -0.399 e. The first-order valence-corrected chi connectivity index (χ1v) is 9.30. The van der Waals surface area contributed by atoms with Crippen molar-refractivity contribution in [3.8, 4) is 0 Å². The van der Waals surface area contributed by atoms with Crippen molar-refractivity contribution in [3.63, 3.8) is 0 Å². The second-order valence-corrected chi connectivity index (χ2v) is 8.06. The fraction of sp³-hybridized carbons (Fsp3) is 0.444. The lowest BCUT2D eigenvalue weighted by Gasteiger charge is -2.34. The normalized spacial score (nSPS) is 29.3. The summed E-state index contributed by atoms with van der Waals surface area (Å²) in [4.78, 5) is 16.2. The van der Waals surface area contributed by atoms with Gasteiger partial charge in [-0.05, 0) is 24.6 Å². The lowest BCUT2D eigenvalue weighted by atomic mass is 9.84. The van der Waals surface area contributed by atoms with Gasteiger partial charge in [0.1, 0.15) is 18.0 Å². The van der Waals surface area contributed by atoms with Crippen molar-refractivity contribution >= 4 is 28.5 Å². The number of amides is 1. The molecule has 1 saturated carbocycles. The van der Waals surface area contributed by atoms with Gasteiger partial charge < -0.3 is 21.5 Å². The molecular formula is C18H22F2N4O2S. The molecule has 0 radical (unpaired) electrons. The van der Waals surface area contributed by atoms with Gasteiger partial charge in [-0.3, -0.25) is 4.79 Å². The maximum atomic E-state index is 14.5. The molecule has 5 N–H and O–H groups in total. The number of hydrogen-bond acceptors (Lipinski definition) is 6. The first-order valence-electron chi connectivity index (χ1n) is 8.49. The van der Waals surface area contributed by atoms with E-state index in [1.807, 2.05) is 0 Å². The largest absolute Gasteiger partial charge is 0.399 e. The summed E-state index contributed by atoms with van der Waals surface area (Å²) in [6, 6.07) is 4.03. The van der Waals surface area contributed by atoms with Crippen LogP contribution < -0.4 is 16.8 Å². The summed E-state index contributed by atoms with van der Waals surface area (Å²) in [5.74, 6) is -1.19. The third-order valence-electron chi connectivity index (χ3n) is 4.92. The van der Waals surface area contributed by atoms with Gasteiger partial charge in [-0.15, -0.1) is 0 Å². The first-order chi connectivity index (χ1) is 12.9. The Hall–Kier alpha value is -2.13. The second-order valence-electron chi connectivity index (χ2n) is 6.68. The molecule has 6 nitrogen and oxygen atoms in total. The molecule has 2 aliphatic rings. The number of nitrogen functional groups attached to an aromatic ring is 1. The molecule has 1 aromatic rings. The maximum absolute atomic E-state index is 14.5. The number of nitrogens with zero attached hydrogens (tertiary/aromatic N) is 1. The van der Waals surface area contributed by atoms with Crippen LogP contribution in [-0.2, 0) is 15.1 Å². The highest BCUT2D eigenvalue weighted by atomic mass is 32.2. The summed E-state index contributed by atoms with van der Waals surface area (Å²) in [6.45, 7) is -0.119. The number of carbonyl (C=O) groups excluding carboxylic acids is 1. The van der Waals surface area contributed by atoms with Crippen molar-refractivity contribution in [2.24, 2.45) is 16.6 Å². The SMILES string of the molecule is COCCNC(=O)/C=C/[C@]12CC1[C@@](CF)(c1cc(N)ccc1F)N=C(N)S2. The van der Waals surface area contributed by atoms with Crippen LogP contribution in [0.3, 0.4) is 0 Å². The minimum atomic E-state index is -1.44. The molecule has 0 spiro atoms. The van der Waals surface area contributed by atoms with Crippen molar-refractivity contribution in [1.29, 1.82) is 0 Å². The van der Waals surface area contributed by atoms with Crippen molar-refractivity contribution in [1.82, 2.24) is 5.32 Å². The zero-order chi connectivity index (χ0) is 19.7. The van der Waals surface area contributed by atoms with Crippen molar-refractivity contribution in [2.75, 3.05) is 32.7 Å². The van der Waals surface area contributed by atoms with Crippen LogP contribution in [0.25, 0.3) is 0 Å². The monoisotopic (exact) mass is 396 g/mol. The number of rotatable bonds is 7. The van der Waals surface area contributed by atoms with Crippen LogP contribution in [0, 0.1) is 11.7 Å². The Morgan fingerprint density at radius 1 is 1.52 bits per heavy atom. The molecule has 146 valence electrons. The molecular weight excluding hydrogens is 374 g/mol. The van der Waals surface area contributed by atoms with Crippen LogP contribution in [0.4, 0.5) is 14.5 Å². The fourth-order valence-electron chi connectivity index (χ4n) is 3.53. The third-order valence-corrected chi connectivity index (χ3v) is 6.18. The number of benzene rings is 1. The topological polar surface area (TPSA) is 103 Å². The van der Waals surface area contributed by atoms with E-state index in [0.717, 1.165) is 0 Å². The summed E-state index contributed by atoms with van der Waals surface area (Å²) in [7, 11) is 1.54. The summed E-state index contributed by atoms with van der Waals surface area (Å²) >= 11 is 1.27. The van der Waals surface area contributed by atoms with Crippen LogP contribution in [-0.4, -0.2) is 42.8 Å². The highest BCUT2D eigenvalue weighted by Crippen LogP contribution is 2.66. The van der Waals surface area contributed by atoms with E-state index in [4.69, 9.17) is 16.2 Å². The van der Waals surface area contributed by atoms with Crippen molar-refractivity contribution < 1.29 is 18.3 Å². The molecule has 9 heteroatoms. The third kappa shape index (κ3) is 3.66. The number of anilines is 1. The van der Waals surface area contributed by atoms with E-state index >= 15 is 0 Å². The predicted molar refractivity (Wildman–Crippen MR) is 103 cm³/mol. The number of methoxy groups -OCH3 is 1.